The minimum absolute atomic E-state index is 0.255. The Morgan fingerprint density at radius 2 is 2.31 bits per heavy atom. The van der Waals surface area contributed by atoms with Crippen LogP contribution in [0.4, 0.5) is 0 Å². The molecule has 4 heteroatoms. The maximum absolute atomic E-state index is 4.41. The van der Waals surface area contributed by atoms with Gasteiger partial charge < -0.3 is 5.32 Å². The van der Waals surface area contributed by atoms with Gasteiger partial charge in [0, 0.05) is 29.9 Å². The monoisotopic (exact) mass is 233 g/mol. The Hall–Kier alpha value is -1.26. The lowest BCUT2D eigenvalue weighted by molar-refractivity contribution is 0.560. The van der Waals surface area contributed by atoms with Crippen LogP contribution in [-0.2, 0) is 6.54 Å². The van der Waals surface area contributed by atoms with Crippen molar-refractivity contribution >= 4 is 11.3 Å². The number of aryl methyl sites for hydroxylation is 1. The SMILES string of the molecule is Cc1csc(CN[C@H](C)c2ccccn2)n1. The first-order chi connectivity index (χ1) is 7.75. The van der Waals surface area contributed by atoms with E-state index in [1.807, 2.05) is 31.3 Å². The van der Waals surface area contributed by atoms with Crippen LogP contribution in [0, 0.1) is 6.92 Å². The Balaban J connectivity index is 1.91. The largest absolute Gasteiger partial charge is 0.302 e. The minimum Gasteiger partial charge on any atom is -0.302 e. The number of hydrogen-bond donors (Lipinski definition) is 1. The highest BCUT2D eigenvalue weighted by molar-refractivity contribution is 7.09. The third-order valence-electron chi connectivity index (χ3n) is 2.36. The van der Waals surface area contributed by atoms with Gasteiger partial charge in [0.05, 0.1) is 5.69 Å². The Kier molecular flexibility index (Phi) is 3.64. The van der Waals surface area contributed by atoms with Gasteiger partial charge in [-0.05, 0) is 26.0 Å². The predicted octanol–water partition coefficient (Wildman–Crippen LogP) is 2.70. The molecule has 1 atom stereocenters. The van der Waals surface area contributed by atoms with Crippen LogP contribution >= 0.6 is 11.3 Å². The molecule has 0 aromatic carbocycles. The van der Waals surface area contributed by atoms with E-state index in [9.17, 15) is 0 Å². The number of rotatable bonds is 4. The summed E-state index contributed by atoms with van der Waals surface area (Å²) in [5.41, 5.74) is 2.16. The van der Waals surface area contributed by atoms with E-state index in [4.69, 9.17) is 0 Å². The minimum atomic E-state index is 0.255. The van der Waals surface area contributed by atoms with Crippen LogP contribution < -0.4 is 5.32 Å². The molecule has 0 unspecified atom stereocenters. The molecule has 0 aliphatic heterocycles. The van der Waals surface area contributed by atoms with Crippen LogP contribution in [-0.4, -0.2) is 9.97 Å². The first kappa shape index (κ1) is 11.2. The highest BCUT2D eigenvalue weighted by Gasteiger charge is 2.06. The van der Waals surface area contributed by atoms with Gasteiger partial charge in [0.1, 0.15) is 5.01 Å². The van der Waals surface area contributed by atoms with Gasteiger partial charge >= 0.3 is 0 Å². The zero-order chi connectivity index (χ0) is 11.4. The Labute approximate surface area is 99.6 Å². The summed E-state index contributed by atoms with van der Waals surface area (Å²) < 4.78 is 0. The summed E-state index contributed by atoms with van der Waals surface area (Å²) in [5.74, 6) is 0. The summed E-state index contributed by atoms with van der Waals surface area (Å²) in [6, 6.07) is 6.23. The zero-order valence-corrected chi connectivity index (χ0v) is 10.3. The number of hydrogen-bond acceptors (Lipinski definition) is 4. The molecule has 1 N–H and O–H groups in total. The van der Waals surface area contributed by atoms with E-state index < -0.39 is 0 Å². The quantitative estimate of drug-likeness (QED) is 0.882. The van der Waals surface area contributed by atoms with Gasteiger partial charge in [-0.1, -0.05) is 6.07 Å². The molecule has 3 nitrogen and oxygen atoms in total. The highest BCUT2D eigenvalue weighted by Crippen LogP contribution is 2.12. The van der Waals surface area contributed by atoms with E-state index >= 15 is 0 Å². The maximum Gasteiger partial charge on any atom is 0.107 e. The molecule has 0 aliphatic carbocycles. The van der Waals surface area contributed by atoms with Gasteiger partial charge in [0.15, 0.2) is 0 Å². The number of nitrogens with zero attached hydrogens (tertiary/aromatic N) is 2. The Bertz CT molecular complexity index is 439. The summed E-state index contributed by atoms with van der Waals surface area (Å²) in [6.45, 7) is 4.93. The molecule has 84 valence electrons. The topological polar surface area (TPSA) is 37.8 Å². The molecule has 0 saturated carbocycles. The molecule has 0 spiro atoms. The van der Waals surface area contributed by atoms with Crippen LogP contribution in [0.25, 0.3) is 0 Å². The van der Waals surface area contributed by atoms with Gasteiger partial charge in [-0.2, -0.15) is 0 Å². The van der Waals surface area contributed by atoms with Gasteiger partial charge in [0.2, 0.25) is 0 Å². The van der Waals surface area contributed by atoms with E-state index in [0.29, 0.717) is 0 Å². The molecule has 2 heterocycles. The van der Waals surface area contributed by atoms with Crippen molar-refractivity contribution in [2.24, 2.45) is 0 Å². The number of aromatic nitrogens is 2. The third-order valence-corrected chi connectivity index (χ3v) is 3.32. The summed E-state index contributed by atoms with van der Waals surface area (Å²) >= 11 is 1.69. The van der Waals surface area contributed by atoms with Crippen molar-refractivity contribution in [3.8, 4) is 0 Å². The van der Waals surface area contributed by atoms with Crippen molar-refractivity contribution < 1.29 is 0 Å². The van der Waals surface area contributed by atoms with Crippen LogP contribution in [0.3, 0.4) is 0 Å². The summed E-state index contributed by atoms with van der Waals surface area (Å²) in [5, 5.41) is 6.61. The number of thiazole rings is 1. The molecule has 0 amide bonds. The molecule has 0 radical (unpaired) electrons. The Morgan fingerprint density at radius 1 is 1.44 bits per heavy atom. The lowest BCUT2D eigenvalue weighted by Crippen LogP contribution is -2.18. The second-order valence-electron chi connectivity index (χ2n) is 3.74. The lowest BCUT2D eigenvalue weighted by atomic mass is 10.2. The van der Waals surface area contributed by atoms with E-state index in [1.165, 1.54) is 0 Å². The average molecular weight is 233 g/mol. The van der Waals surface area contributed by atoms with Crippen molar-refractivity contribution in [1.82, 2.24) is 15.3 Å². The maximum atomic E-state index is 4.41. The molecule has 0 aliphatic rings. The third kappa shape index (κ3) is 2.87. The molecule has 2 aromatic rings. The summed E-state index contributed by atoms with van der Waals surface area (Å²) in [4.78, 5) is 8.73. The molecular weight excluding hydrogens is 218 g/mol. The highest BCUT2D eigenvalue weighted by atomic mass is 32.1. The van der Waals surface area contributed by atoms with Crippen LogP contribution in [0.15, 0.2) is 29.8 Å². The smallest absolute Gasteiger partial charge is 0.107 e. The second-order valence-corrected chi connectivity index (χ2v) is 4.68. The summed E-state index contributed by atoms with van der Waals surface area (Å²) in [6.07, 6.45) is 1.82. The van der Waals surface area contributed by atoms with E-state index in [0.717, 1.165) is 22.9 Å². The molecule has 0 bridgehead atoms. The van der Waals surface area contributed by atoms with Crippen molar-refractivity contribution in [3.63, 3.8) is 0 Å². The molecule has 2 aromatic heterocycles. The van der Waals surface area contributed by atoms with Crippen molar-refractivity contribution in [2.45, 2.75) is 26.4 Å². The van der Waals surface area contributed by atoms with E-state index in [2.05, 4.69) is 27.6 Å². The Morgan fingerprint density at radius 3 is 2.94 bits per heavy atom. The number of pyridine rings is 1. The van der Waals surface area contributed by atoms with Crippen molar-refractivity contribution in [2.75, 3.05) is 0 Å². The first-order valence-electron chi connectivity index (χ1n) is 5.31. The fourth-order valence-corrected chi connectivity index (χ4v) is 2.18. The standard InChI is InChI=1S/C12H15N3S/c1-9-8-16-12(15-9)7-14-10(2)11-5-3-4-6-13-11/h3-6,8,10,14H,7H2,1-2H3/t10-/m1/s1. The van der Waals surface area contributed by atoms with Gasteiger partial charge in [0.25, 0.3) is 0 Å². The van der Waals surface area contributed by atoms with Crippen LogP contribution in [0.1, 0.15) is 29.4 Å². The van der Waals surface area contributed by atoms with E-state index in [1.54, 1.807) is 11.3 Å². The van der Waals surface area contributed by atoms with Crippen LogP contribution in [0.5, 0.6) is 0 Å². The van der Waals surface area contributed by atoms with Gasteiger partial charge in [-0.3, -0.25) is 4.98 Å². The van der Waals surface area contributed by atoms with Crippen molar-refractivity contribution in [3.05, 3.63) is 46.2 Å². The second kappa shape index (κ2) is 5.18. The lowest BCUT2D eigenvalue weighted by Gasteiger charge is -2.11. The van der Waals surface area contributed by atoms with Gasteiger partial charge in [-0.15, -0.1) is 11.3 Å². The molecular formula is C12H15N3S. The molecule has 16 heavy (non-hydrogen) atoms. The van der Waals surface area contributed by atoms with Gasteiger partial charge in [-0.25, -0.2) is 4.98 Å². The van der Waals surface area contributed by atoms with Crippen molar-refractivity contribution in [1.29, 1.82) is 0 Å². The fraction of sp³-hybridized carbons (Fsp3) is 0.333. The fourth-order valence-electron chi connectivity index (χ4n) is 1.46. The molecule has 0 fully saturated rings. The zero-order valence-electron chi connectivity index (χ0n) is 9.47. The predicted molar refractivity (Wildman–Crippen MR) is 66.3 cm³/mol. The summed E-state index contributed by atoms with van der Waals surface area (Å²) in [7, 11) is 0. The molecule has 0 saturated heterocycles. The average Bonchev–Trinajstić information content (AvgIpc) is 2.73. The van der Waals surface area contributed by atoms with E-state index in [-0.39, 0.29) is 6.04 Å². The number of nitrogens with one attached hydrogen (secondary N) is 1. The molecule has 2 rings (SSSR count). The first-order valence-corrected chi connectivity index (χ1v) is 6.19. The van der Waals surface area contributed by atoms with Crippen LogP contribution in [0.2, 0.25) is 0 Å². The normalized spacial score (nSPS) is 12.6.